The van der Waals surface area contributed by atoms with Gasteiger partial charge < -0.3 is 9.80 Å². The summed E-state index contributed by atoms with van der Waals surface area (Å²) < 4.78 is 0. The van der Waals surface area contributed by atoms with E-state index < -0.39 is 0 Å². The number of aryl methyl sites for hydroxylation is 2. The van der Waals surface area contributed by atoms with Crippen LogP contribution in [-0.4, -0.2) is 58.0 Å². The number of piperazine rings is 1. The number of amides is 2. The monoisotopic (exact) mass is 250 g/mol. The van der Waals surface area contributed by atoms with Gasteiger partial charge in [-0.1, -0.05) is 0 Å². The number of H-pyrrole nitrogens is 1. The van der Waals surface area contributed by atoms with Gasteiger partial charge in [-0.2, -0.15) is 5.10 Å². The Morgan fingerprint density at radius 2 is 1.67 bits per heavy atom. The van der Waals surface area contributed by atoms with Gasteiger partial charge >= 0.3 is 0 Å². The molecule has 0 radical (unpaired) electrons. The van der Waals surface area contributed by atoms with Gasteiger partial charge in [0.1, 0.15) is 0 Å². The minimum absolute atomic E-state index is 0.00181. The molecular weight excluding hydrogens is 232 g/mol. The second kappa shape index (κ2) is 4.80. The molecule has 0 aliphatic carbocycles. The first kappa shape index (κ1) is 12.6. The van der Waals surface area contributed by atoms with Crippen LogP contribution in [0.3, 0.4) is 0 Å². The molecule has 6 nitrogen and oxygen atoms in total. The van der Waals surface area contributed by atoms with Crippen molar-refractivity contribution in [2.45, 2.75) is 20.8 Å². The molecule has 2 rings (SSSR count). The van der Waals surface area contributed by atoms with Gasteiger partial charge in [0.2, 0.25) is 5.91 Å². The summed E-state index contributed by atoms with van der Waals surface area (Å²) in [4.78, 5) is 27.1. The number of nitrogens with one attached hydrogen (secondary N) is 1. The summed E-state index contributed by atoms with van der Waals surface area (Å²) in [6, 6.07) is 0. The number of rotatable bonds is 1. The van der Waals surface area contributed by atoms with Crippen molar-refractivity contribution in [2.24, 2.45) is 0 Å². The average Bonchev–Trinajstić information content (AvgIpc) is 2.68. The molecule has 98 valence electrons. The van der Waals surface area contributed by atoms with E-state index in [0.717, 1.165) is 11.4 Å². The fraction of sp³-hybridized carbons (Fsp3) is 0.583. The summed E-state index contributed by atoms with van der Waals surface area (Å²) in [7, 11) is 0. The van der Waals surface area contributed by atoms with Crippen LogP contribution in [0.2, 0.25) is 0 Å². The normalized spacial score (nSPS) is 15.9. The van der Waals surface area contributed by atoms with Crippen LogP contribution in [0, 0.1) is 13.8 Å². The smallest absolute Gasteiger partial charge is 0.257 e. The molecule has 0 unspecified atom stereocenters. The van der Waals surface area contributed by atoms with E-state index in [9.17, 15) is 9.59 Å². The van der Waals surface area contributed by atoms with Crippen LogP contribution in [0.4, 0.5) is 0 Å². The Balaban J connectivity index is 2.06. The second-order valence-corrected chi connectivity index (χ2v) is 4.61. The SMILES string of the molecule is CC(=O)N1CCN(C(=O)c2c(C)n[nH]c2C)CC1. The van der Waals surface area contributed by atoms with E-state index in [4.69, 9.17) is 0 Å². The number of hydrogen-bond donors (Lipinski definition) is 1. The molecule has 1 N–H and O–H groups in total. The summed E-state index contributed by atoms with van der Waals surface area (Å²) >= 11 is 0. The molecule has 0 spiro atoms. The lowest BCUT2D eigenvalue weighted by molar-refractivity contribution is -0.130. The fourth-order valence-corrected chi connectivity index (χ4v) is 2.25. The highest BCUT2D eigenvalue weighted by Crippen LogP contribution is 2.14. The highest BCUT2D eigenvalue weighted by molar-refractivity contribution is 5.96. The van der Waals surface area contributed by atoms with E-state index in [0.29, 0.717) is 31.7 Å². The zero-order valence-corrected chi connectivity index (χ0v) is 11.0. The third kappa shape index (κ3) is 2.23. The molecule has 2 heterocycles. The Morgan fingerprint density at radius 1 is 1.11 bits per heavy atom. The number of hydrogen-bond acceptors (Lipinski definition) is 3. The second-order valence-electron chi connectivity index (χ2n) is 4.61. The van der Waals surface area contributed by atoms with E-state index >= 15 is 0 Å². The van der Waals surface area contributed by atoms with Crippen LogP contribution in [0.15, 0.2) is 0 Å². The average molecular weight is 250 g/mol. The first-order valence-electron chi connectivity index (χ1n) is 6.07. The lowest BCUT2D eigenvalue weighted by Crippen LogP contribution is -2.50. The van der Waals surface area contributed by atoms with Gasteiger partial charge in [0.05, 0.1) is 11.3 Å². The van der Waals surface area contributed by atoms with Gasteiger partial charge in [0, 0.05) is 38.8 Å². The summed E-state index contributed by atoms with van der Waals surface area (Å²) in [6.45, 7) is 7.61. The first-order chi connectivity index (χ1) is 8.50. The quantitative estimate of drug-likeness (QED) is 0.781. The molecule has 0 atom stereocenters. The molecule has 1 saturated heterocycles. The van der Waals surface area contributed by atoms with Gasteiger partial charge in [0.25, 0.3) is 5.91 Å². The number of nitrogens with zero attached hydrogens (tertiary/aromatic N) is 3. The van der Waals surface area contributed by atoms with Crippen LogP contribution >= 0.6 is 0 Å². The zero-order chi connectivity index (χ0) is 13.3. The number of carbonyl (C=O) groups is 2. The van der Waals surface area contributed by atoms with E-state index in [1.54, 1.807) is 16.7 Å². The third-order valence-corrected chi connectivity index (χ3v) is 3.35. The van der Waals surface area contributed by atoms with Crippen molar-refractivity contribution in [2.75, 3.05) is 26.2 Å². The van der Waals surface area contributed by atoms with Gasteiger partial charge in [-0.3, -0.25) is 14.7 Å². The summed E-state index contributed by atoms with van der Waals surface area (Å²) in [6.07, 6.45) is 0. The van der Waals surface area contributed by atoms with Crippen LogP contribution in [0.25, 0.3) is 0 Å². The van der Waals surface area contributed by atoms with Crippen molar-refractivity contribution in [3.63, 3.8) is 0 Å². The highest BCUT2D eigenvalue weighted by Gasteiger charge is 2.26. The molecule has 1 aliphatic heterocycles. The van der Waals surface area contributed by atoms with E-state index in [-0.39, 0.29) is 11.8 Å². The van der Waals surface area contributed by atoms with Crippen molar-refractivity contribution >= 4 is 11.8 Å². The lowest BCUT2D eigenvalue weighted by Gasteiger charge is -2.34. The van der Waals surface area contributed by atoms with E-state index in [1.807, 2.05) is 13.8 Å². The van der Waals surface area contributed by atoms with Crippen molar-refractivity contribution in [3.8, 4) is 0 Å². The van der Waals surface area contributed by atoms with E-state index in [1.165, 1.54) is 0 Å². The maximum atomic E-state index is 12.3. The van der Waals surface area contributed by atoms with Gasteiger partial charge in [-0.15, -0.1) is 0 Å². The first-order valence-corrected chi connectivity index (χ1v) is 6.07. The lowest BCUT2D eigenvalue weighted by atomic mass is 10.1. The molecule has 0 saturated carbocycles. The Labute approximate surface area is 106 Å². The molecule has 1 aliphatic rings. The van der Waals surface area contributed by atoms with Gasteiger partial charge in [0.15, 0.2) is 0 Å². The molecule has 0 aromatic carbocycles. The molecule has 0 bridgehead atoms. The van der Waals surface area contributed by atoms with Crippen LogP contribution in [0.5, 0.6) is 0 Å². The molecule has 1 aromatic rings. The molecular formula is C12H18N4O2. The minimum Gasteiger partial charge on any atom is -0.339 e. The minimum atomic E-state index is 0.00181. The van der Waals surface area contributed by atoms with Gasteiger partial charge in [-0.05, 0) is 13.8 Å². The topological polar surface area (TPSA) is 69.3 Å². The van der Waals surface area contributed by atoms with Crippen LogP contribution in [-0.2, 0) is 4.79 Å². The van der Waals surface area contributed by atoms with Crippen molar-refractivity contribution < 1.29 is 9.59 Å². The Hall–Kier alpha value is -1.85. The Kier molecular flexibility index (Phi) is 3.36. The maximum absolute atomic E-state index is 12.3. The Bertz CT molecular complexity index is 453. The molecule has 2 amide bonds. The summed E-state index contributed by atoms with van der Waals surface area (Å²) in [5.74, 6) is 0.0692. The predicted octanol–water partition coefficient (Wildman–Crippen LogP) is 0.331. The number of aromatic amines is 1. The zero-order valence-electron chi connectivity index (χ0n) is 11.0. The van der Waals surface area contributed by atoms with Crippen molar-refractivity contribution in [1.82, 2.24) is 20.0 Å². The van der Waals surface area contributed by atoms with Crippen LogP contribution in [0.1, 0.15) is 28.7 Å². The molecule has 18 heavy (non-hydrogen) atoms. The fourth-order valence-electron chi connectivity index (χ4n) is 2.25. The standard InChI is InChI=1S/C12H18N4O2/c1-8-11(9(2)14-13-8)12(18)16-6-4-15(5-7-16)10(3)17/h4-7H2,1-3H3,(H,13,14). The number of aromatic nitrogens is 2. The summed E-state index contributed by atoms with van der Waals surface area (Å²) in [5.41, 5.74) is 2.18. The van der Waals surface area contributed by atoms with Crippen molar-refractivity contribution in [1.29, 1.82) is 0 Å². The van der Waals surface area contributed by atoms with Crippen LogP contribution < -0.4 is 0 Å². The Morgan fingerprint density at radius 3 is 2.11 bits per heavy atom. The predicted molar refractivity (Wildman–Crippen MR) is 66.2 cm³/mol. The van der Waals surface area contributed by atoms with Crippen molar-refractivity contribution in [3.05, 3.63) is 17.0 Å². The van der Waals surface area contributed by atoms with Gasteiger partial charge in [-0.25, -0.2) is 0 Å². The summed E-state index contributed by atoms with van der Waals surface area (Å²) in [5, 5.41) is 6.86. The maximum Gasteiger partial charge on any atom is 0.257 e. The van der Waals surface area contributed by atoms with E-state index in [2.05, 4.69) is 10.2 Å². The molecule has 1 aromatic heterocycles. The largest absolute Gasteiger partial charge is 0.339 e. The molecule has 6 heteroatoms. The number of carbonyl (C=O) groups excluding carboxylic acids is 2. The molecule has 1 fully saturated rings. The highest BCUT2D eigenvalue weighted by atomic mass is 16.2. The third-order valence-electron chi connectivity index (χ3n) is 3.35.